The van der Waals surface area contributed by atoms with Gasteiger partial charge >= 0.3 is 5.97 Å². The van der Waals surface area contributed by atoms with Crippen molar-refractivity contribution in [2.75, 3.05) is 0 Å². The second-order valence-corrected chi connectivity index (χ2v) is 8.13. The molecule has 0 bridgehead atoms. The Morgan fingerprint density at radius 2 is 1.93 bits per heavy atom. The van der Waals surface area contributed by atoms with Crippen LogP contribution in [0.2, 0.25) is 0 Å². The number of ether oxygens (including phenoxy) is 1. The molecular formula is C22H23N3O3S. The fourth-order valence-electron chi connectivity index (χ4n) is 3.50. The van der Waals surface area contributed by atoms with Gasteiger partial charge in [-0.2, -0.15) is 5.10 Å². The van der Waals surface area contributed by atoms with Gasteiger partial charge in [0.05, 0.1) is 10.6 Å². The van der Waals surface area contributed by atoms with E-state index in [2.05, 4.69) is 10.4 Å². The molecule has 1 aliphatic rings. The van der Waals surface area contributed by atoms with E-state index in [9.17, 15) is 9.59 Å². The first-order valence-corrected chi connectivity index (χ1v) is 10.7. The van der Waals surface area contributed by atoms with Crippen LogP contribution in [0.3, 0.4) is 0 Å². The van der Waals surface area contributed by atoms with E-state index in [1.807, 2.05) is 47.8 Å². The second kappa shape index (κ2) is 8.61. The number of nitrogens with zero attached hydrogens (tertiary/aromatic N) is 2. The maximum absolute atomic E-state index is 12.9. The zero-order valence-corrected chi connectivity index (χ0v) is 17.0. The van der Waals surface area contributed by atoms with E-state index in [-0.39, 0.29) is 11.9 Å². The lowest BCUT2D eigenvalue weighted by Gasteiger charge is -2.17. The Kier molecular flexibility index (Phi) is 5.76. The number of para-hydroxylation sites is 1. The SMILES string of the molecule is C[C@H](OC(=O)c1cn(-c2ccccc2)nc1-c1cccs1)C(=O)NC1CCCC1. The van der Waals surface area contributed by atoms with Gasteiger partial charge in [0.1, 0.15) is 11.3 Å². The van der Waals surface area contributed by atoms with E-state index in [0.717, 1.165) is 36.2 Å². The molecule has 0 unspecified atom stereocenters. The summed E-state index contributed by atoms with van der Waals surface area (Å²) in [5, 5.41) is 9.51. The number of rotatable bonds is 6. The van der Waals surface area contributed by atoms with Gasteiger partial charge in [-0.05, 0) is 43.3 Å². The highest BCUT2D eigenvalue weighted by Gasteiger charge is 2.26. The van der Waals surface area contributed by atoms with Crippen molar-refractivity contribution in [1.29, 1.82) is 0 Å². The van der Waals surface area contributed by atoms with Crippen LogP contribution in [0, 0.1) is 0 Å². The van der Waals surface area contributed by atoms with Crippen LogP contribution in [0.5, 0.6) is 0 Å². The zero-order valence-electron chi connectivity index (χ0n) is 16.2. The number of nitrogens with one attached hydrogen (secondary N) is 1. The smallest absolute Gasteiger partial charge is 0.342 e. The predicted octanol–water partition coefficient (Wildman–Crippen LogP) is 4.20. The van der Waals surface area contributed by atoms with Gasteiger partial charge in [-0.25, -0.2) is 9.48 Å². The van der Waals surface area contributed by atoms with Crippen molar-refractivity contribution in [3.8, 4) is 16.3 Å². The lowest BCUT2D eigenvalue weighted by Crippen LogP contribution is -2.40. The standard InChI is InChI=1S/C22H23N3O3S/c1-15(21(26)23-16-8-5-6-9-16)28-22(27)18-14-25(17-10-3-2-4-11-17)24-20(18)19-12-7-13-29-19/h2-4,7,10-16H,5-6,8-9H2,1H3,(H,23,26)/t15-/m0/s1. The molecule has 1 aromatic carbocycles. The van der Waals surface area contributed by atoms with Gasteiger partial charge in [-0.15, -0.1) is 11.3 Å². The largest absolute Gasteiger partial charge is 0.449 e. The molecule has 1 aliphatic carbocycles. The quantitative estimate of drug-likeness (QED) is 0.619. The number of aromatic nitrogens is 2. The Bertz CT molecular complexity index is 976. The molecule has 4 rings (SSSR count). The van der Waals surface area contributed by atoms with Gasteiger partial charge in [-0.3, -0.25) is 4.79 Å². The number of carbonyl (C=O) groups excluding carboxylic acids is 2. The summed E-state index contributed by atoms with van der Waals surface area (Å²) >= 11 is 1.50. The number of thiophene rings is 1. The monoisotopic (exact) mass is 409 g/mol. The van der Waals surface area contributed by atoms with Crippen molar-refractivity contribution in [3.05, 3.63) is 59.6 Å². The third-order valence-electron chi connectivity index (χ3n) is 5.06. The fraction of sp³-hybridized carbons (Fsp3) is 0.318. The van der Waals surface area contributed by atoms with Crippen LogP contribution in [0.1, 0.15) is 43.0 Å². The van der Waals surface area contributed by atoms with Crippen LogP contribution < -0.4 is 5.32 Å². The topological polar surface area (TPSA) is 73.2 Å². The Morgan fingerprint density at radius 1 is 1.17 bits per heavy atom. The number of hydrogen-bond donors (Lipinski definition) is 1. The molecule has 1 saturated carbocycles. The van der Waals surface area contributed by atoms with E-state index >= 15 is 0 Å². The van der Waals surface area contributed by atoms with Gasteiger partial charge in [0, 0.05) is 12.2 Å². The van der Waals surface area contributed by atoms with Crippen molar-refractivity contribution < 1.29 is 14.3 Å². The van der Waals surface area contributed by atoms with Crippen LogP contribution in [-0.2, 0) is 9.53 Å². The van der Waals surface area contributed by atoms with E-state index in [1.54, 1.807) is 17.8 Å². The van der Waals surface area contributed by atoms with E-state index in [4.69, 9.17) is 4.74 Å². The summed E-state index contributed by atoms with van der Waals surface area (Å²) in [6.07, 6.45) is 5.02. The van der Waals surface area contributed by atoms with Gasteiger partial charge in [-0.1, -0.05) is 37.1 Å². The first kappa shape index (κ1) is 19.4. The van der Waals surface area contributed by atoms with Crippen LogP contribution in [-0.4, -0.2) is 33.8 Å². The molecule has 3 aromatic rings. The Morgan fingerprint density at radius 3 is 2.62 bits per heavy atom. The Labute approximate surface area is 173 Å². The first-order chi connectivity index (χ1) is 14.1. The van der Waals surface area contributed by atoms with Gasteiger partial charge in [0.2, 0.25) is 0 Å². The average molecular weight is 410 g/mol. The molecule has 0 aliphatic heterocycles. The van der Waals surface area contributed by atoms with Gasteiger partial charge in [0.15, 0.2) is 6.10 Å². The molecule has 2 aromatic heterocycles. The summed E-state index contributed by atoms with van der Waals surface area (Å²) in [5.41, 5.74) is 1.74. The average Bonchev–Trinajstić information content (AvgIpc) is 3.49. The molecule has 7 heteroatoms. The number of hydrogen-bond acceptors (Lipinski definition) is 5. The van der Waals surface area contributed by atoms with Crippen molar-refractivity contribution in [2.24, 2.45) is 0 Å². The molecule has 1 N–H and O–H groups in total. The van der Waals surface area contributed by atoms with Crippen molar-refractivity contribution >= 4 is 23.2 Å². The first-order valence-electron chi connectivity index (χ1n) is 9.82. The number of benzene rings is 1. The second-order valence-electron chi connectivity index (χ2n) is 7.19. The minimum absolute atomic E-state index is 0.186. The fourth-order valence-corrected chi connectivity index (χ4v) is 4.22. The summed E-state index contributed by atoms with van der Waals surface area (Å²) in [4.78, 5) is 26.2. The normalized spacial score (nSPS) is 15.2. The molecule has 6 nitrogen and oxygen atoms in total. The third-order valence-corrected chi connectivity index (χ3v) is 5.94. The summed E-state index contributed by atoms with van der Waals surface area (Å²) in [6.45, 7) is 1.61. The Hall–Kier alpha value is -2.93. The lowest BCUT2D eigenvalue weighted by atomic mass is 10.2. The van der Waals surface area contributed by atoms with Gasteiger partial charge < -0.3 is 10.1 Å². The molecular weight excluding hydrogens is 386 g/mol. The molecule has 1 fully saturated rings. The van der Waals surface area contributed by atoms with Gasteiger partial charge in [0.25, 0.3) is 5.91 Å². The summed E-state index contributed by atoms with van der Waals surface area (Å²) < 4.78 is 7.16. The van der Waals surface area contributed by atoms with Crippen molar-refractivity contribution in [2.45, 2.75) is 44.8 Å². The maximum Gasteiger partial charge on any atom is 0.342 e. The molecule has 0 spiro atoms. The van der Waals surface area contributed by atoms with Crippen LogP contribution >= 0.6 is 11.3 Å². The predicted molar refractivity (Wildman–Crippen MR) is 112 cm³/mol. The Balaban J connectivity index is 1.55. The van der Waals surface area contributed by atoms with Crippen molar-refractivity contribution in [3.63, 3.8) is 0 Å². The molecule has 29 heavy (non-hydrogen) atoms. The molecule has 2 heterocycles. The van der Waals surface area contributed by atoms with E-state index in [0.29, 0.717) is 11.3 Å². The number of esters is 1. The van der Waals surface area contributed by atoms with E-state index in [1.165, 1.54) is 11.3 Å². The minimum Gasteiger partial charge on any atom is -0.449 e. The van der Waals surface area contributed by atoms with Crippen LogP contribution in [0.15, 0.2) is 54.0 Å². The highest BCUT2D eigenvalue weighted by atomic mass is 32.1. The molecule has 0 radical (unpaired) electrons. The molecule has 1 atom stereocenters. The summed E-state index contributed by atoms with van der Waals surface area (Å²) in [7, 11) is 0. The molecule has 150 valence electrons. The summed E-state index contributed by atoms with van der Waals surface area (Å²) in [5.74, 6) is -0.803. The number of amides is 1. The van der Waals surface area contributed by atoms with E-state index < -0.39 is 12.1 Å². The molecule has 1 amide bonds. The minimum atomic E-state index is -0.862. The zero-order chi connectivity index (χ0) is 20.2. The summed E-state index contributed by atoms with van der Waals surface area (Å²) in [6, 6.07) is 13.6. The third kappa shape index (κ3) is 4.40. The van der Waals surface area contributed by atoms with Crippen LogP contribution in [0.4, 0.5) is 0 Å². The highest BCUT2D eigenvalue weighted by Crippen LogP contribution is 2.28. The van der Waals surface area contributed by atoms with Crippen molar-refractivity contribution in [1.82, 2.24) is 15.1 Å². The number of carbonyl (C=O) groups is 2. The molecule has 0 saturated heterocycles. The highest BCUT2D eigenvalue weighted by molar-refractivity contribution is 7.13. The van der Waals surface area contributed by atoms with Crippen LogP contribution in [0.25, 0.3) is 16.3 Å². The lowest BCUT2D eigenvalue weighted by molar-refractivity contribution is -0.129. The maximum atomic E-state index is 12.9.